The minimum absolute atomic E-state index is 0.00441. The van der Waals surface area contributed by atoms with Crippen LogP contribution in [-0.2, 0) is 33.3 Å². The minimum atomic E-state index is -0.814. The average Bonchev–Trinajstić information content (AvgIpc) is 3.64. The maximum atomic E-state index is 13.7. The van der Waals surface area contributed by atoms with Crippen LogP contribution in [0, 0.1) is 0 Å². The SMILES string of the molecule is CCC(C(=O)Nc1ccc2c(c1)CC1(C2)C(=O)Nc2ncccc21)n1c(C(C)(C)C)cnc(Nc2nnn[nH]2)c1=O. The molecule has 13 nitrogen and oxygen atoms in total. The van der Waals surface area contributed by atoms with E-state index < -0.39 is 22.4 Å². The second kappa shape index (κ2) is 9.61. The molecule has 4 N–H and O–H groups in total. The molecule has 6 rings (SSSR count). The summed E-state index contributed by atoms with van der Waals surface area (Å²) in [6.07, 6.45) is 4.70. The van der Waals surface area contributed by atoms with E-state index >= 15 is 0 Å². The van der Waals surface area contributed by atoms with Gasteiger partial charge < -0.3 is 16.0 Å². The largest absolute Gasteiger partial charge is 0.324 e. The number of hydrogen-bond acceptors (Lipinski definition) is 9. The Balaban J connectivity index is 1.30. The number of rotatable bonds is 6. The van der Waals surface area contributed by atoms with Crippen molar-refractivity contribution in [1.82, 2.24) is 35.2 Å². The van der Waals surface area contributed by atoms with Crippen LogP contribution in [0.5, 0.6) is 0 Å². The van der Waals surface area contributed by atoms with E-state index in [1.807, 2.05) is 58.0 Å². The van der Waals surface area contributed by atoms with Gasteiger partial charge in [0.1, 0.15) is 11.9 Å². The van der Waals surface area contributed by atoms with Crippen LogP contribution in [0.4, 0.5) is 23.3 Å². The van der Waals surface area contributed by atoms with Crippen molar-refractivity contribution >= 4 is 35.1 Å². The summed E-state index contributed by atoms with van der Waals surface area (Å²) in [6.45, 7) is 7.73. The number of aromatic amines is 1. The molecule has 1 aromatic carbocycles. The number of anilines is 4. The molecule has 4 aromatic rings. The van der Waals surface area contributed by atoms with Gasteiger partial charge in [-0.25, -0.2) is 15.1 Å². The van der Waals surface area contributed by atoms with E-state index in [2.05, 4.69) is 46.5 Å². The lowest BCUT2D eigenvalue weighted by molar-refractivity contribution is -0.121. The summed E-state index contributed by atoms with van der Waals surface area (Å²) in [5, 5.41) is 22.0. The molecule has 0 radical (unpaired) electrons. The van der Waals surface area contributed by atoms with Gasteiger partial charge in [0.2, 0.25) is 17.8 Å². The summed E-state index contributed by atoms with van der Waals surface area (Å²) in [5.41, 5.74) is 2.52. The summed E-state index contributed by atoms with van der Waals surface area (Å²) in [6, 6.07) is 8.68. The van der Waals surface area contributed by atoms with Gasteiger partial charge in [-0.15, -0.1) is 0 Å². The normalized spacial score (nSPS) is 18.1. The molecule has 41 heavy (non-hydrogen) atoms. The van der Waals surface area contributed by atoms with Crippen molar-refractivity contribution in [2.75, 3.05) is 16.0 Å². The summed E-state index contributed by atoms with van der Waals surface area (Å²) >= 11 is 0. The fourth-order valence-corrected chi connectivity index (χ4v) is 5.80. The third-order valence-electron chi connectivity index (χ3n) is 7.80. The lowest BCUT2D eigenvalue weighted by Gasteiger charge is -2.28. The van der Waals surface area contributed by atoms with Gasteiger partial charge in [-0.2, -0.15) is 0 Å². The number of fused-ring (bicyclic) bond motifs is 3. The number of tetrazole rings is 1. The number of carbonyl (C=O) groups excluding carboxylic acids is 2. The van der Waals surface area contributed by atoms with Crippen LogP contribution in [0.25, 0.3) is 0 Å². The molecule has 210 valence electrons. The van der Waals surface area contributed by atoms with E-state index in [9.17, 15) is 14.4 Å². The van der Waals surface area contributed by atoms with E-state index in [-0.39, 0.29) is 23.6 Å². The number of nitrogens with zero attached hydrogens (tertiary/aromatic N) is 6. The Morgan fingerprint density at radius 3 is 2.68 bits per heavy atom. The van der Waals surface area contributed by atoms with Gasteiger partial charge in [-0.05, 0) is 59.0 Å². The molecule has 0 saturated heterocycles. The van der Waals surface area contributed by atoms with Crippen molar-refractivity contribution in [2.45, 2.75) is 63.8 Å². The zero-order valence-electron chi connectivity index (χ0n) is 23.1. The molecule has 13 heteroatoms. The molecule has 4 heterocycles. The molecular weight excluding hydrogens is 524 g/mol. The second-order valence-electron chi connectivity index (χ2n) is 11.5. The molecule has 2 amide bonds. The highest BCUT2D eigenvalue weighted by molar-refractivity contribution is 6.06. The van der Waals surface area contributed by atoms with Crippen molar-refractivity contribution in [3.8, 4) is 0 Å². The maximum absolute atomic E-state index is 13.7. The number of amides is 2. The first-order chi connectivity index (χ1) is 19.6. The van der Waals surface area contributed by atoms with E-state index in [4.69, 9.17) is 0 Å². The molecule has 1 aliphatic carbocycles. The third-order valence-corrected chi connectivity index (χ3v) is 7.80. The van der Waals surface area contributed by atoms with Crippen molar-refractivity contribution in [1.29, 1.82) is 0 Å². The summed E-state index contributed by atoms with van der Waals surface area (Å²) in [4.78, 5) is 49.1. The number of aromatic nitrogens is 7. The number of carbonyl (C=O) groups is 2. The Hall–Kier alpha value is -4.94. The van der Waals surface area contributed by atoms with E-state index in [1.54, 1.807) is 12.4 Å². The van der Waals surface area contributed by atoms with Crippen LogP contribution >= 0.6 is 0 Å². The zero-order chi connectivity index (χ0) is 28.9. The number of benzene rings is 1. The van der Waals surface area contributed by atoms with E-state index in [0.29, 0.717) is 36.5 Å². The monoisotopic (exact) mass is 554 g/mol. The zero-order valence-corrected chi connectivity index (χ0v) is 23.1. The summed E-state index contributed by atoms with van der Waals surface area (Å²) in [5.74, 6) is 0.369. The van der Waals surface area contributed by atoms with Crippen molar-refractivity contribution in [3.63, 3.8) is 0 Å². The standard InChI is InChI=1S/C28H30N10O3/c1-5-19(38-20(27(2,3)4)14-30-22(24(38)40)33-26-34-36-37-35-26)23(39)31-17-9-8-15-12-28(13-16(15)11-17)18-7-6-10-29-21(18)32-25(28)41/h6-11,14,19H,5,12-13H2,1-4H3,(H,31,39)(H,29,32,41)(H2,30,33,34,35,36,37). The first-order valence-electron chi connectivity index (χ1n) is 13.4. The molecule has 0 bridgehead atoms. The Morgan fingerprint density at radius 1 is 1.15 bits per heavy atom. The Labute approximate surface area is 235 Å². The predicted molar refractivity (Wildman–Crippen MR) is 151 cm³/mol. The van der Waals surface area contributed by atoms with E-state index in [1.165, 1.54) is 4.57 Å². The number of nitrogens with one attached hydrogen (secondary N) is 4. The van der Waals surface area contributed by atoms with Gasteiger partial charge in [0.15, 0.2) is 5.82 Å². The highest BCUT2D eigenvalue weighted by atomic mass is 16.2. The van der Waals surface area contributed by atoms with Crippen LogP contribution in [0.3, 0.4) is 0 Å². The first-order valence-corrected chi connectivity index (χ1v) is 13.4. The molecule has 2 atom stereocenters. The first kappa shape index (κ1) is 26.3. The van der Waals surface area contributed by atoms with E-state index in [0.717, 1.165) is 16.7 Å². The smallest absolute Gasteiger partial charge is 0.294 e. The van der Waals surface area contributed by atoms with Gasteiger partial charge in [-0.1, -0.05) is 44.9 Å². The predicted octanol–water partition coefficient (Wildman–Crippen LogP) is 2.77. The van der Waals surface area contributed by atoms with Crippen molar-refractivity contribution in [3.05, 3.63) is 75.5 Å². The van der Waals surface area contributed by atoms with Gasteiger partial charge in [0.05, 0.1) is 5.41 Å². The fraction of sp³-hybridized carbons (Fsp3) is 0.357. The molecule has 1 spiro atoms. The molecule has 2 aliphatic rings. The summed E-state index contributed by atoms with van der Waals surface area (Å²) < 4.78 is 1.49. The Morgan fingerprint density at radius 2 is 1.95 bits per heavy atom. The molecule has 0 fully saturated rings. The van der Waals surface area contributed by atoms with Crippen LogP contribution in [0.2, 0.25) is 0 Å². The highest BCUT2D eigenvalue weighted by Gasteiger charge is 2.51. The minimum Gasteiger partial charge on any atom is -0.324 e. The lowest BCUT2D eigenvalue weighted by Crippen LogP contribution is -2.39. The van der Waals surface area contributed by atoms with Crippen LogP contribution in [0.15, 0.2) is 47.5 Å². The quantitative estimate of drug-likeness (QED) is 0.279. The molecule has 0 saturated carbocycles. The Bertz CT molecular complexity index is 1720. The van der Waals surface area contributed by atoms with Crippen LogP contribution in [-0.4, -0.2) is 47.0 Å². The summed E-state index contributed by atoms with van der Waals surface area (Å²) in [7, 11) is 0. The Kier molecular flexibility index (Phi) is 6.16. The van der Waals surface area contributed by atoms with Crippen LogP contribution < -0.4 is 21.5 Å². The lowest BCUT2D eigenvalue weighted by atomic mass is 9.79. The highest BCUT2D eigenvalue weighted by Crippen LogP contribution is 2.47. The van der Waals surface area contributed by atoms with Gasteiger partial charge >= 0.3 is 0 Å². The third kappa shape index (κ3) is 4.42. The van der Waals surface area contributed by atoms with Crippen molar-refractivity contribution < 1.29 is 9.59 Å². The number of H-pyrrole nitrogens is 1. The topological polar surface area (TPSA) is 172 Å². The van der Waals surface area contributed by atoms with Gasteiger partial charge in [0, 0.05) is 34.8 Å². The number of hydrogen-bond donors (Lipinski definition) is 4. The van der Waals surface area contributed by atoms with Crippen LogP contribution in [0.1, 0.15) is 62.5 Å². The molecule has 2 unspecified atom stereocenters. The fourth-order valence-electron chi connectivity index (χ4n) is 5.80. The number of pyridine rings is 1. The maximum Gasteiger partial charge on any atom is 0.294 e. The van der Waals surface area contributed by atoms with Gasteiger partial charge in [0.25, 0.3) is 5.56 Å². The second-order valence-corrected chi connectivity index (χ2v) is 11.5. The van der Waals surface area contributed by atoms with Crippen molar-refractivity contribution in [2.24, 2.45) is 0 Å². The molecule has 3 aromatic heterocycles. The van der Waals surface area contributed by atoms with Gasteiger partial charge in [-0.3, -0.25) is 19.0 Å². The average molecular weight is 555 g/mol. The molecule has 1 aliphatic heterocycles. The molecular formula is C28H30N10O3.